The summed E-state index contributed by atoms with van der Waals surface area (Å²) in [5.41, 5.74) is 0. The molecule has 2 heteroatoms. The van der Waals surface area contributed by atoms with E-state index in [9.17, 15) is 0 Å². The summed E-state index contributed by atoms with van der Waals surface area (Å²) in [4.78, 5) is 2.73. The molecule has 1 aliphatic heterocycles. The predicted molar refractivity (Wildman–Crippen MR) is 74.3 cm³/mol. The Morgan fingerprint density at radius 3 is 2.65 bits per heavy atom. The maximum atomic E-state index is 3.57. The Morgan fingerprint density at radius 2 is 1.94 bits per heavy atom. The summed E-state index contributed by atoms with van der Waals surface area (Å²) in [5.74, 6) is 1.88. The van der Waals surface area contributed by atoms with E-state index in [-0.39, 0.29) is 0 Å². The van der Waals surface area contributed by atoms with Crippen molar-refractivity contribution in [1.82, 2.24) is 10.2 Å². The van der Waals surface area contributed by atoms with Crippen LogP contribution in [0.1, 0.15) is 51.9 Å². The quantitative estimate of drug-likeness (QED) is 0.758. The SMILES string of the molecule is CCC1CCN(CC2CCCCCC2NC)C1. The molecular formula is C15H30N2. The molecule has 0 aromatic rings. The molecule has 0 amide bonds. The van der Waals surface area contributed by atoms with Crippen molar-refractivity contribution in [3.05, 3.63) is 0 Å². The molecular weight excluding hydrogens is 208 g/mol. The van der Waals surface area contributed by atoms with Gasteiger partial charge in [-0.05, 0) is 44.7 Å². The van der Waals surface area contributed by atoms with Crippen LogP contribution in [0, 0.1) is 11.8 Å². The van der Waals surface area contributed by atoms with Crippen LogP contribution < -0.4 is 5.32 Å². The monoisotopic (exact) mass is 238 g/mol. The van der Waals surface area contributed by atoms with Gasteiger partial charge in [-0.2, -0.15) is 0 Å². The van der Waals surface area contributed by atoms with Gasteiger partial charge in [0.2, 0.25) is 0 Å². The Bertz CT molecular complexity index is 217. The molecule has 1 aliphatic carbocycles. The average Bonchev–Trinajstić information content (AvgIpc) is 2.68. The van der Waals surface area contributed by atoms with E-state index in [1.165, 1.54) is 64.6 Å². The molecule has 2 aliphatic rings. The van der Waals surface area contributed by atoms with Gasteiger partial charge in [-0.15, -0.1) is 0 Å². The Kier molecular flexibility index (Phi) is 5.30. The first-order valence-corrected chi connectivity index (χ1v) is 7.73. The van der Waals surface area contributed by atoms with Gasteiger partial charge in [0.15, 0.2) is 0 Å². The third-order valence-electron chi connectivity index (χ3n) is 4.97. The van der Waals surface area contributed by atoms with Crippen LogP contribution in [0.5, 0.6) is 0 Å². The third-order valence-corrected chi connectivity index (χ3v) is 4.97. The maximum absolute atomic E-state index is 3.57. The van der Waals surface area contributed by atoms with Crippen LogP contribution >= 0.6 is 0 Å². The van der Waals surface area contributed by atoms with Crippen molar-refractivity contribution in [2.24, 2.45) is 11.8 Å². The van der Waals surface area contributed by atoms with Crippen molar-refractivity contribution in [1.29, 1.82) is 0 Å². The largest absolute Gasteiger partial charge is 0.317 e. The number of rotatable bonds is 4. The van der Waals surface area contributed by atoms with Gasteiger partial charge in [-0.25, -0.2) is 0 Å². The van der Waals surface area contributed by atoms with Crippen LogP contribution in [0.2, 0.25) is 0 Å². The first kappa shape index (κ1) is 13.4. The van der Waals surface area contributed by atoms with Crippen molar-refractivity contribution in [2.45, 2.75) is 57.9 Å². The molecule has 100 valence electrons. The molecule has 2 fully saturated rings. The second-order valence-corrected chi connectivity index (χ2v) is 6.12. The summed E-state index contributed by atoms with van der Waals surface area (Å²) >= 11 is 0. The summed E-state index contributed by atoms with van der Waals surface area (Å²) in [5, 5.41) is 3.57. The Morgan fingerprint density at radius 1 is 1.12 bits per heavy atom. The van der Waals surface area contributed by atoms with Gasteiger partial charge in [0.1, 0.15) is 0 Å². The smallest absolute Gasteiger partial charge is 0.0104 e. The summed E-state index contributed by atoms with van der Waals surface area (Å²) in [7, 11) is 2.15. The lowest BCUT2D eigenvalue weighted by Crippen LogP contribution is -2.39. The third kappa shape index (κ3) is 3.69. The zero-order valence-electron chi connectivity index (χ0n) is 11.8. The molecule has 3 unspecified atom stereocenters. The Hall–Kier alpha value is -0.0800. The van der Waals surface area contributed by atoms with E-state index in [1.54, 1.807) is 0 Å². The molecule has 1 saturated heterocycles. The molecule has 1 heterocycles. The predicted octanol–water partition coefficient (Wildman–Crippen LogP) is 2.89. The molecule has 2 nitrogen and oxygen atoms in total. The minimum Gasteiger partial charge on any atom is -0.317 e. The van der Waals surface area contributed by atoms with Crippen LogP contribution in [0.3, 0.4) is 0 Å². The van der Waals surface area contributed by atoms with Crippen LogP contribution in [-0.4, -0.2) is 37.6 Å². The maximum Gasteiger partial charge on any atom is 0.0104 e. The highest BCUT2D eigenvalue weighted by atomic mass is 15.1. The fourth-order valence-corrected chi connectivity index (χ4v) is 3.73. The molecule has 17 heavy (non-hydrogen) atoms. The van der Waals surface area contributed by atoms with Gasteiger partial charge < -0.3 is 10.2 Å². The normalized spacial score (nSPS) is 36.0. The highest BCUT2D eigenvalue weighted by Crippen LogP contribution is 2.27. The average molecular weight is 238 g/mol. The zero-order chi connectivity index (χ0) is 12.1. The highest BCUT2D eigenvalue weighted by Gasteiger charge is 2.27. The van der Waals surface area contributed by atoms with Crippen molar-refractivity contribution in [3.8, 4) is 0 Å². The fraction of sp³-hybridized carbons (Fsp3) is 1.00. The van der Waals surface area contributed by atoms with Gasteiger partial charge in [-0.3, -0.25) is 0 Å². The first-order chi connectivity index (χ1) is 8.33. The van der Waals surface area contributed by atoms with Crippen molar-refractivity contribution < 1.29 is 0 Å². The van der Waals surface area contributed by atoms with E-state index in [1.807, 2.05) is 0 Å². The van der Waals surface area contributed by atoms with Crippen LogP contribution in [0.4, 0.5) is 0 Å². The standard InChI is InChI=1S/C15H30N2/c1-3-13-9-10-17(11-13)12-14-7-5-4-6-8-15(14)16-2/h13-16H,3-12H2,1-2H3. The number of likely N-dealkylation sites (tertiary alicyclic amines) is 1. The lowest BCUT2D eigenvalue weighted by molar-refractivity contribution is 0.223. The number of hydrogen-bond acceptors (Lipinski definition) is 2. The van der Waals surface area contributed by atoms with E-state index in [4.69, 9.17) is 0 Å². The zero-order valence-corrected chi connectivity index (χ0v) is 11.8. The summed E-state index contributed by atoms with van der Waals surface area (Å²) in [6.45, 7) is 6.41. The Balaban J connectivity index is 1.83. The number of nitrogens with zero attached hydrogens (tertiary/aromatic N) is 1. The van der Waals surface area contributed by atoms with E-state index < -0.39 is 0 Å². The molecule has 0 spiro atoms. The van der Waals surface area contributed by atoms with E-state index >= 15 is 0 Å². The number of hydrogen-bond donors (Lipinski definition) is 1. The number of nitrogens with one attached hydrogen (secondary N) is 1. The molecule has 3 atom stereocenters. The van der Waals surface area contributed by atoms with Crippen LogP contribution in [-0.2, 0) is 0 Å². The lowest BCUT2D eigenvalue weighted by atomic mass is 9.94. The van der Waals surface area contributed by atoms with Gasteiger partial charge in [-0.1, -0.05) is 32.6 Å². The molecule has 0 aromatic carbocycles. The minimum atomic E-state index is 0.776. The minimum absolute atomic E-state index is 0.776. The van der Waals surface area contributed by atoms with Crippen LogP contribution in [0.15, 0.2) is 0 Å². The van der Waals surface area contributed by atoms with Gasteiger partial charge >= 0.3 is 0 Å². The van der Waals surface area contributed by atoms with Gasteiger partial charge in [0.25, 0.3) is 0 Å². The van der Waals surface area contributed by atoms with Gasteiger partial charge in [0, 0.05) is 19.1 Å². The van der Waals surface area contributed by atoms with Crippen molar-refractivity contribution in [3.63, 3.8) is 0 Å². The molecule has 0 radical (unpaired) electrons. The van der Waals surface area contributed by atoms with E-state index in [0.29, 0.717) is 0 Å². The second kappa shape index (κ2) is 6.75. The second-order valence-electron chi connectivity index (χ2n) is 6.12. The molecule has 2 rings (SSSR count). The lowest BCUT2D eigenvalue weighted by Gasteiger charge is -2.29. The molecule has 0 aromatic heterocycles. The van der Waals surface area contributed by atoms with E-state index in [2.05, 4.69) is 24.2 Å². The molecule has 0 bridgehead atoms. The first-order valence-electron chi connectivity index (χ1n) is 7.73. The van der Waals surface area contributed by atoms with Crippen molar-refractivity contribution >= 4 is 0 Å². The topological polar surface area (TPSA) is 15.3 Å². The Labute approximate surface area is 107 Å². The highest BCUT2D eigenvalue weighted by molar-refractivity contribution is 4.83. The molecule has 1 saturated carbocycles. The van der Waals surface area contributed by atoms with Crippen LogP contribution in [0.25, 0.3) is 0 Å². The van der Waals surface area contributed by atoms with Gasteiger partial charge in [0.05, 0.1) is 0 Å². The summed E-state index contributed by atoms with van der Waals surface area (Å²) < 4.78 is 0. The molecule has 1 N–H and O–H groups in total. The summed E-state index contributed by atoms with van der Waals surface area (Å²) in [6, 6.07) is 0.776. The van der Waals surface area contributed by atoms with E-state index in [0.717, 1.165) is 17.9 Å². The van der Waals surface area contributed by atoms with Crippen molar-refractivity contribution in [2.75, 3.05) is 26.7 Å². The fourth-order valence-electron chi connectivity index (χ4n) is 3.73. The summed E-state index contributed by atoms with van der Waals surface area (Å²) in [6.07, 6.45) is 9.98.